The molecule has 176 valence electrons. The standard InChI is InChI=1S/C29H25BrN2O2S/c1-2-19-10-13-24(14-11-19)31-29-32-28(33)27(35-29)17-22-16-23(30)12-15-26(22)34-18-21-8-5-7-20-6-3-4-9-25(20)21/h3-17,29,31H,2,18H2,1H3,(H,32,33)/b27-17-/t29-/m1/s1. The third-order valence-corrected chi connectivity index (χ3v) is 7.43. The fourth-order valence-electron chi connectivity index (χ4n) is 4.03. The molecule has 6 heteroatoms. The summed E-state index contributed by atoms with van der Waals surface area (Å²) in [4.78, 5) is 13.3. The van der Waals surface area contributed by atoms with E-state index in [1.807, 2.05) is 54.6 Å². The van der Waals surface area contributed by atoms with Gasteiger partial charge in [-0.05, 0) is 64.7 Å². The Morgan fingerprint density at radius 2 is 1.83 bits per heavy atom. The van der Waals surface area contributed by atoms with E-state index in [2.05, 4.69) is 69.9 Å². The van der Waals surface area contributed by atoms with Gasteiger partial charge in [0.15, 0.2) is 5.50 Å². The molecule has 1 aliphatic heterocycles. The molecule has 1 fully saturated rings. The van der Waals surface area contributed by atoms with Crippen molar-refractivity contribution >= 4 is 56.1 Å². The van der Waals surface area contributed by atoms with Crippen LogP contribution in [-0.4, -0.2) is 11.4 Å². The Hall–Kier alpha value is -3.22. The largest absolute Gasteiger partial charge is 0.488 e. The van der Waals surface area contributed by atoms with Crippen LogP contribution >= 0.6 is 27.7 Å². The monoisotopic (exact) mass is 544 g/mol. The normalized spacial score (nSPS) is 16.5. The van der Waals surface area contributed by atoms with Gasteiger partial charge in [0.2, 0.25) is 0 Å². The third-order valence-electron chi connectivity index (χ3n) is 5.91. The molecular formula is C29H25BrN2O2S. The van der Waals surface area contributed by atoms with E-state index in [0.717, 1.165) is 33.5 Å². The third kappa shape index (κ3) is 5.55. The van der Waals surface area contributed by atoms with Gasteiger partial charge in [0.1, 0.15) is 12.4 Å². The van der Waals surface area contributed by atoms with E-state index in [4.69, 9.17) is 4.74 Å². The molecule has 1 saturated heterocycles. The first-order valence-corrected chi connectivity index (χ1v) is 13.2. The minimum absolute atomic E-state index is 0.0994. The predicted octanol–water partition coefficient (Wildman–Crippen LogP) is 7.34. The maximum atomic E-state index is 12.7. The Morgan fingerprint density at radius 3 is 2.66 bits per heavy atom. The van der Waals surface area contributed by atoms with E-state index in [1.165, 1.54) is 28.1 Å². The molecule has 0 spiro atoms. The van der Waals surface area contributed by atoms with Gasteiger partial charge < -0.3 is 15.4 Å². The lowest BCUT2D eigenvalue weighted by atomic mass is 10.1. The first-order chi connectivity index (χ1) is 17.1. The van der Waals surface area contributed by atoms with Gasteiger partial charge in [-0.25, -0.2) is 0 Å². The van der Waals surface area contributed by atoms with Crippen LogP contribution in [0.15, 0.2) is 94.3 Å². The summed E-state index contributed by atoms with van der Waals surface area (Å²) < 4.78 is 7.18. The van der Waals surface area contributed by atoms with Crippen molar-refractivity contribution in [1.82, 2.24) is 5.32 Å². The molecule has 4 aromatic carbocycles. The van der Waals surface area contributed by atoms with Gasteiger partial charge in [0.25, 0.3) is 5.91 Å². The van der Waals surface area contributed by atoms with Crippen molar-refractivity contribution in [3.05, 3.63) is 111 Å². The van der Waals surface area contributed by atoms with Gasteiger partial charge in [-0.3, -0.25) is 4.79 Å². The minimum Gasteiger partial charge on any atom is -0.488 e. The van der Waals surface area contributed by atoms with E-state index in [-0.39, 0.29) is 11.4 Å². The number of aryl methyl sites for hydroxylation is 1. The highest BCUT2D eigenvalue weighted by Crippen LogP contribution is 2.34. The lowest BCUT2D eigenvalue weighted by Gasteiger charge is -2.13. The molecule has 5 rings (SSSR count). The number of carbonyl (C=O) groups is 1. The predicted molar refractivity (Wildman–Crippen MR) is 149 cm³/mol. The Morgan fingerprint density at radius 1 is 1.03 bits per heavy atom. The van der Waals surface area contributed by atoms with Crippen molar-refractivity contribution in [2.75, 3.05) is 5.32 Å². The summed E-state index contributed by atoms with van der Waals surface area (Å²) in [5, 5.41) is 8.75. The lowest BCUT2D eigenvalue weighted by molar-refractivity contribution is -0.116. The van der Waals surface area contributed by atoms with E-state index in [0.29, 0.717) is 11.5 Å². The number of hydrogen-bond acceptors (Lipinski definition) is 4. The van der Waals surface area contributed by atoms with Gasteiger partial charge in [-0.2, -0.15) is 0 Å². The van der Waals surface area contributed by atoms with Crippen molar-refractivity contribution in [2.45, 2.75) is 25.4 Å². The fourth-order valence-corrected chi connectivity index (χ4v) is 5.39. The maximum Gasteiger partial charge on any atom is 0.260 e. The average molecular weight is 546 g/mol. The van der Waals surface area contributed by atoms with Crippen LogP contribution < -0.4 is 15.4 Å². The Balaban J connectivity index is 1.33. The topological polar surface area (TPSA) is 50.4 Å². The van der Waals surface area contributed by atoms with Crippen LogP contribution in [0, 0.1) is 0 Å². The molecule has 1 amide bonds. The molecule has 35 heavy (non-hydrogen) atoms. The summed E-state index contributed by atoms with van der Waals surface area (Å²) >= 11 is 5.02. The number of nitrogens with one attached hydrogen (secondary N) is 2. The zero-order valence-electron chi connectivity index (χ0n) is 19.3. The van der Waals surface area contributed by atoms with Crippen LogP contribution in [0.4, 0.5) is 5.69 Å². The van der Waals surface area contributed by atoms with Crippen LogP contribution in [0.25, 0.3) is 16.8 Å². The molecule has 4 nitrogen and oxygen atoms in total. The number of amides is 1. The van der Waals surface area contributed by atoms with Gasteiger partial charge >= 0.3 is 0 Å². The van der Waals surface area contributed by atoms with Crippen LogP contribution in [0.3, 0.4) is 0 Å². The Bertz CT molecular complexity index is 1400. The van der Waals surface area contributed by atoms with E-state index in [1.54, 1.807) is 0 Å². The highest BCUT2D eigenvalue weighted by Gasteiger charge is 2.27. The molecule has 1 aliphatic rings. The Kier molecular flexibility index (Phi) is 7.11. The van der Waals surface area contributed by atoms with Crippen molar-refractivity contribution < 1.29 is 9.53 Å². The zero-order valence-corrected chi connectivity index (χ0v) is 21.7. The molecule has 1 heterocycles. The first kappa shape index (κ1) is 23.5. The molecule has 4 aromatic rings. The quantitative estimate of drug-likeness (QED) is 0.239. The van der Waals surface area contributed by atoms with Gasteiger partial charge in [-0.15, -0.1) is 0 Å². The van der Waals surface area contributed by atoms with Crippen LogP contribution in [-0.2, 0) is 17.8 Å². The maximum absolute atomic E-state index is 12.7. The minimum atomic E-state index is -0.228. The summed E-state index contributed by atoms with van der Waals surface area (Å²) in [6, 6.07) is 28.7. The number of anilines is 1. The average Bonchev–Trinajstić information content (AvgIpc) is 3.22. The number of hydrogen-bond donors (Lipinski definition) is 2. The van der Waals surface area contributed by atoms with E-state index in [9.17, 15) is 4.79 Å². The van der Waals surface area contributed by atoms with Crippen molar-refractivity contribution in [2.24, 2.45) is 0 Å². The number of rotatable bonds is 7. The van der Waals surface area contributed by atoms with Gasteiger partial charge in [0.05, 0.1) is 4.91 Å². The van der Waals surface area contributed by atoms with E-state index >= 15 is 0 Å². The number of ether oxygens (including phenoxy) is 1. The SMILES string of the molecule is CCc1ccc(N[C@@H]2NC(=O)/C(=C/c3cc(Br)ccc3OCc3cccc4ccccc34)S2)cc1. The number of thioether (sulfide) groups is 1. The number of fused-ring (bicyclic) bond motifs is 1. The number of carbonyl (C=O) groups excluding carboxylic acids is 1. The lowest BCUT2D eigenvalue weighted by Crippen LogP contribution is -2.30. The molecule has 1 atom stereocenters. The van der Waals surface area contributed by atoms with Gasteiger partial charge in [0, 0.05) is 15.7 Å². The highest BCUT2D eigenvalue weighted by atomic mass is 79.9. The van der Waals surface area contributed by atoms with Crippen LogP contribution in [0.1, 0.15) is 23.6 Å². The molecule has 0 radical (unpaired) electrons. The smallest absolute Gasteiger partial charge is 0.260 e. The Labute approximate surface area is 217 Å². The summed E-state index contributed by atoms with van der Waals surface area (Å²) in [5.74, 6) is 0.631. The highest BCUT2D eigenvalue weighted by molar-refractivity contribution is 9.10. The van der Waals surface area contributed by atoms with E-state index < -0.39 is 0 Å². The van der Waals surface area contributed by atoms with Gasteiger partial charge in [-0.1, -0.05) is 89.2 Å². The first-order valence-electron chi connectivity index (χ1n) is 11.5. The summed E-state index contributed by atoms with van der Waals surface area (Å²) in [7, 11) is 0. The molecule has 0 saturated carbocycles. The summed E-state index contributed by atoms with van der Waals surface area (Å²) in [6.45, 7) is 2.57. The molecular weight excluding hydrogens is 520 g/mol. The second kappa shape index (κ2) is 10.6. The summed E-state index contributed by atoms with van der Waals surface area (Å²) in [6.07, 6.45) is 2.89. The number of halogens is 1. The molecule has 0 aromatic heterocycles. The van der Waals surface area contributed by atoms with Crippen LogP contribution in [0.2, 0.25) is 0 Å². The molecule has 0 bridgehead atoms. The zero-order chi connectivity index (χ0) is 24.2. The second-order valence-corrected chi connectivity index (χ2v) is 10.3. The molecule has 0 aliphatic carbocycles. The molecule has 0 unspecified atom stereocenters. The fraction of sp³-hybridized carbons (Fsp3) is 0.138. The molecule has 2 N–H and O–H groups in total. The van der Waals surface area contributed by atoms with Crippen molar-refractivity contribution in [1.29, 1.82) is 0 Å². The van der Waals surface area contributed by atoms with Crippen molar-refractivity contribution in [3.63, 3.8) is 0 Å². The van der Waals surface area contributed by atoms with Crippen LogP contribution in [0.5, 0.6) is 5.75 Å². The second-order valence-electron chi connectivity index (χ2n) is 8.28. The van der Waals surface area contributed by atoms with Crippen molar-refractivity contribution in [3.8, 4) is 5.75 Å². The summed E-state index contributed by atoms with van der Waals surface area (Å²) in [5.41, 5.74) is 4.00. The number of benzene rings is 4.